The van der Waals surface area contributed by atoms with Crippen molar-refractivity contribution in [3.05, 3.63) is 11.9 Å². The number of ether oxygens (including phenoxy) is 1. The van der Waals surface area contributed by atoms with Crippen LogP contribution in [0.4, 0.5) is 0 Å². The van der Waals surface area contributed by atoms with Gasteiger partial charge in [-0.3, -0.25) is 0 Å². The van der Waals surface area contributed by atoms with Gasteiger partial charge in [-0.25, -0.2) is 4.68 Å². The largest absolute Gasteiger partial charge is 0.382 e. The van der Waals surface area contributed by atoms with E-state index in [1.807, 2.05) is 11.6 Å². The second-order valence-electron chi connectivity index (χ2n) is 6.44. The Bertz CT molecular complexity index is 382. The van der Waals surface area contributed by atoms with E-state index < -0.39 is 0 Å². The Labute approximate surface area is 117 Å². The number of aromatic nitrogens is 3. The Kier molecular flexibility index (Phi) is 5.53. The summed E-state index contributed by atoms with van der Waals surface area (Å²) >= 11 is 0. The fraction of sp³-hybridized carbons (Fsp3) is 0.867. The van der Waals surface area contributed by atoms with Crippen LogP contribution in [0.2, 0.25) is 0 Å². The predicted octanol–water partition coefficient (Wildman–Crippen LogP) is 3.52. The molecule has 0 spiro atoms. The molecule has 1 heterocycles. The zero-order valence-corrected chi connectivity index (χ0v) is 13.4. The minimum atomic E-state index is -0.0529. The van der Waals surface area contributed by atoms with Crippen molar-refractivity contribution >= 4 is 0 Å². The second kappa shape index (κ2) is 6.51. The lowest BCUT2D eigenvalue weighted by Gasteiger charge is -2.25. The molecule has 0 aliphatic heterocycles. The Hall–Kier alpha value is -0.900. The summed E-state index contributed by atoms with van der Waals surface area (Å²) in [6.07, 6.45) is 5.33. The summed E-state index contributed by atoms with van der Waals surface area (Å²) < 4.78 is 7.43. The first kappa shape index (κ1) is 16.2. The Morgan fingerprint density at radius 1 is 1.16 bits per heavy atom. The maximum atomic E-state index is 5.44. The fourth-order valence-electron chi connectivity index (χ4n) is 2.20. The van der Waals surface area contributed by atoms with Gasteiger partial charge in [0.2, 0.25) is 0 Å². The third-order valence-corrected chi connectivity index (χ3v) is 3.74. The smallest absolute Gasteiger partial charge is 0.0883 e. The molecule has 0 bridgehead atoms. The third-order valence-electron chi connectivity index (χ3n) is 3.74. The molecule has 1 aromatic rings. The van der Waals surface area contributed by atoms with Crippen molar-refractivity contribution < 1.29 is 4.74 Å². The molecule has 0 atom stereocenters. The highest BCUT2D eigenvalue weighted by atomic mass is 16.5. The van der Waals surface area contributed by atoms with Crippen LogP contribution < -0.4 is 0 Å². The lowest BCUT2D eigenvalue weighted by Crippen LogP contribution is -2.28. The van der Waals surface area contributed by atoms with Crippen LogP contribution in [0, 0.1) is 0 Å². The topological polar surface area (TPSA) is 39.9 Å². The van der Waals surface area contributed by atoms with E-state index in [9.17, 15) is 0 Å². The first-order valence-electron chi connectivity index (χ1n) is 7.34. The van der Waals surface area contributed by atoms with Crippen molar-refractivity contribution in [1.29, 1.82) is 0 Å². The molecule has 0 amide bonds. The molecule has 1 aromatic heterocycles. The van der Waals surface area contributed by atoms with Crippen LogP contribution >= 0.6 is 0 Å². The van der Waals surface area contributed by atoms with E-state index in [4.69, 9.17) is 4.74 Å². The maximum Gasteiger partial charge on any atom is 0.0883 e. The van der Waals surface area contributed by atoms with Crippen LogP contribution in [0.25, 0.3) is 0 Å². The van der Waals surface area contributed by atoms with Crippen LogP contribution in [-0.4, -0.2) is 28.2 Å². The van der Waals surface area contributed by atoms with Crippen LogP contribution in [-0.2, 0) is 15.7 Å². The molecule has 1 rings (SSSR count). The van der Waals surface area contributed by atoms with E-state index in [-0.39, 0.29) is 11.0 Å². The number of rotatable bonds is 8. The molecule has 19 heavy (non-hydrogen) atoms. The zero-order chi connectivity index (χ0) is 14.5. The molecule has 4 heteroatoms. The molecule has 0 unspecified atom stereocenters. The van der Waals surface area contributed by atoms with Crippen molar-refractivity contribution in [1.82, 2.24) is 15.0 Å². The summed E-state index contributed by atoms with van der Waals surface area (Å²) in [6.45, 7) is 14.6. The lowest BCUT2D eigenvalue weighted by atomic mass is 9.85. The number of hydrogen-bond acceptors (Lipinski definition) is 3. The van der Waals surface area contributed by atoms with Crippen molar-refractivity contribution in [2.24, 2.45) is 0 Å². The van der Waals surface area contributed by atoms with E-state index in [1.165, 1.54) is 0 Å². The van der Waals surface area contributed by atoms with Crippen LogP contribution in [0.15, 0.2) is 6.20 Å². The summed E-state index contributed by atoms with van der Waals surface area (Å²) in [5, 5.41) is 8.70. The van der Waals surface area contributed by atoms with Crippen molar-refractivity contribution in [2.45, 2.75) is 71.8 Å². The molecule has 4 nitrogen and oxygen atoms in total. The molecule has 0 aromatic carbocycles. The minimum Gasteiger partial charge on any atom is -0.382 e. The predicted molar refractivity (Wildman–Crippen MR) is 78.4 cm³/mol. The van der Waals surface area contributed by atoms with Crippen LogP contribution in [0.5, 0.6) is 0 Å². The number of nitrogens with zero attached hydrogens (tertiary/aromatic N) is 3. The second-order valence-corrected chi connectivity index (χ2v) is 6.44. The van der Waals surface area contributed by atoms with Gasteiger partial charge in [0.15, 0.2) is 0 Å². The summed E-state index contributed by atoms with van der Waals surface area (Å²) in [6, 6.07) is 0. The zero-order valence-electron chi connectivity index (χ0n) is 13.4. The molecule has 0 saturated carbocycles. The highest BCUT2D eigenvalue weighted by Gasteiger charge is 2.27. The Morgan fingerprint density at radius 3 is 2.42 bits per heavy atom. The molecule has 0 radical (unpaired) electrons. The Balaban J connectivity index is 2.77. The van der Waals surface area contributed by atoms with Gasteiger partial charge in [0.1, 0.15) is 0 Å². The van der Waals surface area contributed by atoms with Gasteiger partial charge in [-0.05, 0) is 33.6 Å². The summed E-state index contributed by atoms with van der Waals surface area (Å²) in [5.41, 5.74) is 1.13. The highest BCUT2D eigenvalue weighted by molar-refractivity contribution is 5.09. The third kappa shape index (κ3) is 4.30. The van der Waals surface area contributed by atoms with Crippen molar-refractivity contribution in [2.75, 3.05) is 13.2 Å². The van der Waals surface area contributed by atoms with Crippen LogP contribution in [0.1, 0.15) is 66.5 Å². The average molecular weight is 267 g/mol. The van der Waals surface area contributed by atoms with Gasteiger partial charge in [0.05, 0.1) is 11.2 Å². The van der Waals surface area contributed by atoms with Crippen molar-refractivity contribution in [3.63, 3.8) is 0 Å². The minimum absolute atomic E-state index is 0.0529. The molecule has 0 fully saturated rings. The lowest BCUT2D eigenvalue weighted by molar-refractivity contribution is 0.112. The van der Waals surface area contributed by atoms with Gasteiger partial charge in [0, 0.05) is 24.8 Å². The molecule has 0 aliphatic carbocycles. The monoisotopic (exact) mass is 267 g/mol. The van der Waals surface area contributed by atoms with Gasteiger partial charge >= 0.3 is 0 Å². The Morgan fingerprint density at radius 2 is 1.84 bits per heavy atom. The van der Waals surface area contributed by atoms with E-state index in [0.29, 0.717) is 0 Å². The van der Waals surface area contributed by atoms with Gasteiger partial charge in [-0.1, -0.05) is 32.4 Å². The highest BCUT2D eigenvalue weighted by Crippen LogP contribution is 2.28. The van der Waals surface area contributed by atoms with Gasteiger partial charge in [0.25, 0.3) is 0 Å². The average Bonchev–Trinajstić information content (AvgIpc) is 2.79. The van der Waals surface area contributed by atoms with Crippen LogP contribution in [0.3, 0.4) is 0 Å². The molecule has 0 aliphatic rings. The molecular weight excluding hydrogens is 238 g/mol. The van der Waals surface area contributed by atoms with E-state index in [2.05, 4.69) is 51.1 Å². The summed E-state index contributed by atoms with van der Waals surface area (Å²) in [5.74, 6) is 0. The molecule has 0 N–H and O–H groups in total. The SMILES string of the molecule is CCCC(C)(C)c1cn(C(C)(C)CCOCC)nn1. The normalized spacial score (nSPS) is 12.9. The summed E-state index contributed by atoms with van der Waals surface area (Å²) in [7, 11) is 0. The molecule has 0 saturated heterocycles. The van der Waals surface area contributed by atoms with Gasteiger partial charge in [-0.2, -0.15) is 0 Å². The molecule has 110 valence electrons. The van der Waals surface area contributed by atoms with E-state index >= 15 is 0 Å². The first-order valence-corrected chi connectivity index (χ1v) is 7.34. The summed E-state index contributed by atoms with van der Waals surface area (Å²) in [4.78, 5) is 0. The standard InChI is InChI=1S/C15H29N3O/c1-7-9-14(3,4)13-12-18(17-16-13)15(5,6)10-11-19-8-2/h12H,7-11H2,1-6H3. The fourth-order valence-corrected chi connectivity index (χ4v) is 2.20. The molecular formula is C15H29N3O. The number of hydrogen-bond donors (Lipinski definition) is 0. The van der Waals surface area contributed by atoms with Gasteiger partial charge < -0.3 is 4.74 Å². The quantitative estimate of drug-likeness (QED) is 0.677. The van der Waals surface area contributed by atoms with E-state index in [0.717, 1.165) is 38.2 Å². The van der Waals surface area contributed by atoms with E-state index in [1.54, 1.807) is 0 Å². The van der Waals surface area contributed by atoms with Crippen molar-refractivity contribution in [3.8, 4) is 0 Å². The first-order chi connectivity index (χ1) is 8.83. The van der Waals surface area contributed by atoms with Gasteiger partial charge in [-0.15, -0.1) is 5.10 Å². The maximum absolute atomic E-state index is 5.44.